The van der Waals surface area contributed by atoms with E-state index in [1.54, 1.807) is 7.11 Å². The van der Waals surface area contributed by atoms with Crippen molar-refractivity contribution in [3.63, 3.8) is 0 Å². The topological polar surface area (TPSA) is 51.1 Å². The van der Waals surface area contributed by atoms with Gasteiger partial charge in [0.15, 0.2) is 0 Å². The Hall–Kier alpha value is -3.73. The van der Waals surface area contributed by atoms with E-state index in [0.29, 0.717) is 0 Å². The molecule has 154 valence electrons. The highest BCUT2D eigenvalue weighted by Gasteiger charge is 2.18. The number of nitrogens with zero attached hydrogens (tertiary/aromatic N) is 4. The summed E-state index contributed by atoms with van der Waals surface area (Å²) >= 11 is 0. The molecule has 1 aliphatic heterocycles. The number of rotatable bonds is 4. The summed E-state index contributed by atoms with van der Waals surface area (Å²) in [6.45, 7) is 3.78. The number of hydrogen-bond acceptors (Lipinski definition) is 5. The number of aromatic nitrogens is 3. The molecule has 0 atom stereocenters. The van der Waals surface area contributed by atoms with Crippen molar-refractivity contribution in [2.45, 2.75) is 19.9 Å². The maximum atomic E-state index is 5.27. The average molecular weight is 409 g/mol. The highest BCUT2D eigenvalue weighted by atomic mass is 16.5. The van der Waals surface area contributed by atoms with Crippen molar-refractivity contribution in [2.24, 2.45) is 0 Å². The molecule has 2 aromatic carbocycles. The van der Waals surface area contributed by atoms with E-state index in [9.17, 15) is 0 Å². The van der Waals surface area contributed by atoms with Gasteiger partial charge in [0.1, 0.15) is 17.4 Å². The Labute approximate surface area is 182 Å². The van der Waals surface area contributed by atoms with Gasteiger partial charge in [-0.25, -0.2) is 9.97 Å². The maximum absolute atomic E-state index is 5.27. The van der Waals surface area contributed by atoms with Crippen LogP contribution >= 0.6 is 0 Å². The second kappa shape index (κ2) is 8.19. The molecule has 5 nitrogen and oxygen atoms in total. The fourth-order valence-corrected chi connectivity index (χ4v) is 4.07. The Morgan fingerprint density at radius 3 is 2.42 bits per heavy atom. The zero-order valence-corrected chi connectivity index (χ0v) is 17.7. The van der Waals surface area contributed by atoms with Crippen LogP contribution in [0.1, 0.15) is 17.0 Å². The van der Waals surface area contributed by atoms with Gasteiger partial charge in [-0.3, -0.25) is 4.98 Å². The molecule has 3 heterocycles. The first-order chi connectivity index (χ1) is 15.2. The molecule has 0 radical (unpaired) electrons. The molecule has 0 saturated heterocycles. The average Bonchev–Trinajstić information content (AvgIpc) is 2.83. The summed E-state index contributed by atoms with van der Waals surface area (Å²) in [7, 11) is 1.67. The number of benzene rings is 2. The van der Waals surface area contributed by atoms with Gasteiger partial charge in [0.05, 0.1) is 12.8 Å². The third-order valence-electron chi connectivity index (χ3n) is 5.74. The summed E-state index contributed by atoms with van der Waals surface area (Å²) in [5.74, 6) is 2.57. The number of ether oxygens (including phenoxy) is 1. The fourth-order valence-electron chi connectivity index (χ4n) is 4.07. The molecule has 1 aliphatic rings. The highest BCUT2D eigenvalue weighted by Crippen LogP contribution is 2.29. The van der Waals surface area contributed by atoms with Gasteiger partial charge in [0, 0.05) is 42.7 Å². The largest absolute Gasteiger partial charge is 0.497 e. The van der Waals surface area contributed by atoms with Gasteiger partial charge >= 0.3 is 0 Å². The lowest BCUT2D eigenvalue weighted by atomic mass is 10.00. The van der Waals surface area contributed by atoms with Gasteiger partial charge in [-0.05, 0) is 48.2 Å². The molecule has 0 spiro atoms. The van der Waals surface area contributed by atoms with Crippen LogP contribution in [0.25, 0.3) is 22.4 Å². The second-order valence-corrected chi connectivity index (χ2v) is 7.79. The predicted molar refractivity (Wildman–Crippen MR) is 123 cm³/mol. The Morgan fingerprint density at radius 2 is 1.61 bits per heavy atom. The normalized spacial score (nSPS) is 13.0. The third-order valence-corrected chi connectivity index (χ3v) is 5.74. The van der Waals surface area contributed by atoms with E-state index in [1.165, 1.54) is 11.1 Å². The first kappa shape index (κ1) is 19.2. The highest BCUT2D eigenvalue weighted by molar-refractivity contribution is 5.71. The van der Waals surface area contributed by atoms with Crippen molar-refractivity contribution < 1.29 is 4.74 Å². The number of aryl methyl sites for hydroxylation is 1. The molecule has 0 aliphatic carbocycles. The summed E-state index contributed by atoms with van der Waals surface area (Å²) in [6.07, 6.45) is 4.77. The molecule has 0 fully saturated rings. The predicted octanol–water partition coefficient (Wildman–Crippen LogP) is 5.09. The first-order valence-electron chi connectivity index (χ1n) is 10.5. The summed E-state index contributed by atoms with van der Waals surface area (Å²) in [5, 5.41) is 0. The minimum atomic E-state index is 0.765. The van der Waals surface area contributed by atoms with E-state index in [0.717, 1.165) is 59.3 Å². The van der Waals surface area contributed by atoms with Crippen molar-refractivity contribution in [1.29, 1.82) is 0 Å². The molecule has 31 heavy (non-hydrogen) atoms. The number of hydrogen-bond donors (Lipinski definition) is 0. The second-order valence-electron chi connectivity index (χ2n) is 7.79. The Balaban J connectivity index is 1.47. The lowest BCUT2D eigenvalue weighted by Gasteiger charge is -2.30. The van der Waals surface area contributed by atoms with E-state index in [-0.39, 0.29) is 0 Å². The molecule has 5 heteroatoms. The molecular formula is C26H24N4O. The number of anilines is 1. The zero-order chi connectivity index (χ0) is 21.2. The first-order valence-corrected chi connectivity index (χ1v) is 10.5. The molecule has 0 amide bonds. The molecular weight excluding hydrogens is 384 g/mol. The molecule has 5 rings (SSSR count). The molecule has 0 bridgehead atoms. The van der Waals surface area contributed by atoms with Crippen LogP contribution in [0, 0.1) is 6.92 Å². The number of pyridine rings is 1. The van der Waals surface area contributed by atoms with Crippen LogP contribution in [0.2, 0.25) is 0 Å². The lowest BCUT2D eigenvalue weighted by molar-refractivity contribution is 0.415. The lowest BCUT2D eigenvalue weighted by Crippen LogP contribution is -2.31. The summed E-state index contributed by atoms with van der Waals surface area (Å²) in [4.78, 5) is 16.3. The van der Waals surface area contributed by atoms with Crippen molar-refractivity contribution in [3.8, 4) is 28.1 Å². The van der Waals surface area contributed by atoms with Gasteiger partial charge in [0.2, 0.25) is 0 Å². The van der Waals surface area contributed by atoms with E-state index < -0.39 is 0 Å². The van der Waals surface area contributed by atoms with Crippen LogP contribution in [0.4, 0.5) is 5.82 Å². The van der Waals surface area contributed by atoms with Gasteiger partial charge < -0.3 is 9.64 Å². The smallest absolute Gasteiger partial charge is 0.133 e. The monoisotopic (exact) mass is 408 g/mol. The Bertz CT molecular complexity index is 1220. The maximum Gasteiger partial charge on any atom is 0.133 e. The minimum absolute atomic E-state index is 0.765. The number of methoxy groups -OCH3 is 1. The SMILES string of the molecule is COc1ccc(-c2cncc(-c3cc(N4CCc5ccccc5C4)nc(C)n3)c2)cc1. The Kier molecular flexibility index (Phi) is 5.08. The van der Waals surface area contributed by atoms with Gasteiger partial charge in [-0.1, -0.05) is 36.4 Å². The summed E-state index contributed by atoms with van der Waals surface area (Å²) in [5.41, 5.74) is 6.82. The fraction of sp³-hybridized carbons (Fsp3) is 0.192. The van der Waals surface area contributed by atoms with Crippen LogP contribution in [0.3, 0.4) is 0 Å². The third kappa shape index (κ3) is 3.99. The summed E-state index contributed by atoms with van der Waals surface area (Å²) in [6, 6.07) is 20.9. The number of fused-ring (bicyclic) bond motifs is 1. The van der Waals surface area contributed by atoms with Gasteiger partial charge in [-0.2, -0.15) is 0 Å². The van der Waals surface area contributed by atoms with E-state index in [4.69, 9.17) is 14.7 Å². The molecule has 0 unspecified atom stereocenters. The Morgan fingerprint density at radius 1 is 0.839 bits per heavy atom. The van der Waals surface area contributed by atoms with Crippen molar-refractivity contribution in [1.82, 2.24) is 15.0 Å². The van der Waals surface area contributed by atoms with E-state index in [2.05, 4.69) is 46.3 Å². The molecule has 0 saturated carbocycles. The van der Waals surface area contributed by atoms with Crippen LogP contribution < -0.4 is 9.64 Å². The molecule has 0 N–H and O–H groups in total. The van der Waals surface area contributed by atoms with E-state index in [1.807, 2.05) is 43.6 Å². The standard InChI is InChI=1S/C26H24N4O/c1-18-28-25(14-26(29-18)30-12-11-19-5-3-4-6-21(19)17-30)23-13-22(15-27-16-23)20-7-9-24(31-2)10-8-20/h3-10,13-16H,11-12,17H2,1-2H3. The van der Waals surface area contributed by atoms with Gasteiger partial charge in [-0.15, -0.1) is 0 Å². The quantitative estimate of drug-likeness (QED) is 0.471. The van der Waals surface area contributed by atoms with Crippen molar-refractivity contribution in [2.75, 3.05) is 18.6 Å². The molecule has 4 aromatic rings. The summed E-state index contributed by atoms with van der Waals surface area (Å²) < 4.78 is 5.27. The van der Waals surface area contributed by atoms with Crippen molar-refractivity contribution >= 4 is 5.82 Å². The van der Waals surface area contributed by atoms with Crippen LogP contribution in [-0.2, 0) is 13.0 Å². The molecule has 2 aromatic heterocycles. The van der Waals surface area contributed by atoms with E-state index >= 15 is 0 Å². The van der Waals surface area contributed by atoms with Gasteiger partial charge in [0.25, 0.3) is 0 Å². The van der Waals surface area contributed by atoms with Crippen LogP contribution in [0.15, 0.2) is 73.1 Å². The van der Waals surface area contributed by atoms with Crippen LogP contribution in [0.5, 0.6) is 5.75 Å². The minimum Gasteiger partial charge on any atom is -0.497 e. The van der Waals surface area contributed by atoms with Crippen molar-refractivity contribution in [3.05, 3.63) is 90.0 Å². The zero-order valence-electron chi connectivity index (χ0n) is 17.7. The van der Waals surface area contributed by atoms with Crippen LogP contribution in [-0.4, -0.2) is 28.6 Å².